The number of nitrogens with one attached hydrogen (secondary N) is 1. The predicted molar refractivity (Wildman–Crippen MR) is 64.2 cm³/mol. The molecule has 0 bridgehead atoms. The van der Waals surface area contributed by atoms with Gasteiger partial charge in [0.05, 0.1) is 0 Å². The quantitative estimate of drug-likeness (QED) is 0.680. The minimum Gasteiger partial charge on any atom is -0.333 e. The van der Waals surface area contributed by atoms with Gasteiger partial charge >= 0.3 is 11.7 Å². The highest BCUT2D eigenvalue weighted by Crippen LogP contribution is 2.18. The summed E-state index contributed by atoms with van der Waals surface area (Å²) in [7, 11) is 0. The summed E-state index contributed by atoms with van der Waals surface area (Å²) in [4.78, 5) is 23.3. The average molecular weight is 241 g/mol. The van der Waals surface area contributed by atoms with Crippen LogP contribution in [0.4, 0.5) is 4.79 Å². The Balaban J connectivity index is 2.92. The van der Waals surface area contributed by atoms with E-state index < -0.39 is 11.7 Å². The maximum absolute atomic E-state index is 11.8. The number of hydrogen-bond donors (Lipinski definition) is 2. The van der Waals surface area contributed by atoms with Gasteiger partial charge in [0.15, 0.2) is 5.82 Å². The molecular formula is C10H19N5O2. The molecule has 0 aliphatic heterocycles. The Morgan fingerprint density at radius 1 is 1.47 bits per heavy atom. The number of carbonyl (C=O) groups is 1. The van der Waals surface area contributed by atoms with Crippen molar-refractivity contribution >= 4 is 6.03 Å². The van der Waals surface area contributed by atoms with E-state index in [9.17, 15) is 9.59 Å². The molecule has 17 heavy (non-hydrogen) atoms. The summed E-state index contributed by atoms with van der Waals surface area (Å²) in [5.74, 6) is 5.68. The van der Waals surface area contributed by atoms with Gasteiger partial charge in [0.25, 0.3) is 0 Å². The van der Waals surface area contributed by atoms with Crippen LogP contribution in [0.3, 0.4) is 0 Å². The molecule has 1 aromatic rings. The molecule has 0 saturated heterocycles. The molecule has 0 aromatic carbocycles. The molecule has 1 heterocycles. The first-order valence-electron chi connectivity index (χ1n) is 5.39. The van der Waals surface area contributed by atoms with Crippen molar-refractivity contribution in [3.05, 3.63) is 16.3 Å². The molecule has 0 aliphatic rings. The van der Waals surface area contributed by atoms with Gasteiger partial charge in [-0.15, -0.1) is 9.78 Å². The minimum absolute atomic E-state index is 0.0925. The fraction of sp³-hybridized carbons (Fsp3) is 0.700. The van der Waals surface area contributed by atoms with Gasteiger partial charge in [0, 0.05) is 6.04 Å². The Bertz CT molecular complexity index is 480. The molecule has 3 N–H and O–H groups in total. The molecule has 7 nitrogen and oxygen atoms in total. The van der Waals surface area contributed by atoms with Crippen LogP contribution in [0.5, 0.6) is 0 Å². The topological polar surface area (TPSA) is 94.9 Å². The van der Waals surface area contributed by atoms with Gasteiger partial charge in [0.1, 0.15) is 0 Å². The third-order valence-corrected chi connectivity index (χ3v) is 2.81. The van der Waals surface area contributed by atoms with E-state index in [0.717, 1.165) is 9.36 Å². The van der Waals surface area contributed by atoms with Gasteiger partial charge < -0.3 is 11.2 Å². The van der Waals surface area contributed by atoms with E-state index >= 15 is 0 Å². The summed E-state index contributed by atoms with van der Waals surface area (Å²) >= 11 is 0. The monoisotopic (exact) mass is 241 g/mol. The molecule has 1 atom stereocenters. The van der Waals surface area contributed by atoms with Gasteiger partial charge in [-0.05, 0) is 19.3 Å². The van der Waals surface area contributed by atoms with E-state index in [2.05, 4.69) is 10.4 Å². The number of amides is 1. The lowest BCUT2D eigenvalue weighted by molar-refractivity contribution is 0.220. The Hall–Kier alpha value is -1.79. The summed E-state index contributed by atoms with van der Waals surface area (Å²) in [6.45, 7) is 9.40. The molecule has 7 heteroatoms. The van der Waals surface area contributed by atoms with Gasteiger partial charge in [-0.2, -0.15) is 4.68 Å². The van der Waals surface area contributed by atoms with E-state index in [4.69, 9.17) is 5.84 Å². The third-order valence-electron chi connectivity index (χ3n) is 2.81. The molecule has 0 radical (unpaired) electrons. The van der Waals surface area contributed by atoms with Crippen molar-refractivity contribution in [2.24, 2.45) is 5.41 Å². The van der Waals surface area contributed by atoms with Crippen molar-refractivity contribution in [2.45, 2.75) is 40.7 Å². The molecule has 0 fully saturated rings. The summed E-state index contributed by atoms with van der Waals surface area (Å²) in [5, 5.41) is 6.49. The van der Waals surface area contributed by atoms with Crippen molar-refractivity contribution in [1.29, 1.82) is 0 Å². The highest BCUT2D eigenvalue weighted by Gasteiger charge is 2.24. The van der Waals surface area contributed by atoms with Crippen molar-refractivity contribution < 1.29 is 4.79 Å². The summed E-state index contributed by atoms with van der Waals surface area (Å²) < 4.78 is 1.57. The van der Waals surface area contributed by atoms with Crippen LogP contribution in [0.1, 0.15) is 33.5 Å². The van der Waals surface area contributed by atoms with E-state index in [-0.39, 0.29) is 17.3 Å². The molecule has 0 aliphatic carbocycles. The molecule has 0 spiro atoms. The SMILES string of the molecule is Cc1nn(C(=O)NC(C)C(C)(C)C)c(=O)n1N. The summed E-state index contributed by atoms with van der Waals surface area (Å²) in [6.07, 6.45) is 0. The smallest absolute Gasteiger partial charge is 0.333 e. The van der Waals surface area contributed by atoms with Crippen molar-refractivity contribution in [3.8, 4) is 0 Å². The molecular weight excluding hydrogens is 222 g/mol. The zero-order chi connectivity index (χ0) is 13.4. The first-order chi connectivity index (χ1) is 7.64. The van der Waals surface area contributed by atoms with Crippen molar-refractivity contribution in [3.63, 3.8) is 0 Å². The molecule has 1 rings (SSSR count). The Morgan fingerprint density at radius 2 is 2.00 bits per heavy atom. The van der Waals surface area contributed by atoms with Gasteiger partial charge in [-0.3, -0.25) is 0 Å². The Kier molecular flexibility index (Phi) is 3.30. The van der Waals surface area contributed by atoms with Crippen LogP contribution in [0.25, 0.3) is 0 Å². The highest BCUT2D eigenvalue weighted by molar-refractivity contribution is 5.75. The molecule has 1 unspecified atom stereocenters. The van der Waals surface area contributed by atoms with Gasteiger partial charge in [-0.25, -0.2) is 9.59 Å². The Labute approximate surface area is 99.6 Å². The van der Waals surface area contributed by atoms with Crippen LogP contribution < -0.4 is 16.8 Å². The fourth-order valence-electron chi connectivity index (χ4n) is 1.07. The first-order valence-corrected chi connectivity index (χ1v) is 5.39. The zero-order valence-corrected chi connectivity index (χ0v) is 10.8. The third kappa shape index (κ3) is 2.66. The maximum atomic E-state index is 11.8. The fourth-order valence-corrected chi connectivity index (χ4v) is 1.07. The number of nitrogens with zero attached hydrogens (tertiary/aromatic N) is 3. The molecule has 96 valence electrons. The second-order valence-corrected chi connectivity index (χ2v) is 5.15. The minimum atomic E-state index is -0.652. The molecule has 1 amide bonds. The van der Waals surface area contributed by atoms with Crippen LogP contribution in [0.2, 0.25) is 0 Å². The normalized spacial score (nSPS) is 13.5. The van der Waals surface area contributed by atoms with E-state index in [1.54, 1.807) is 6.92 Å². The second kappa shape index (κ2) is 4.23. The Morgan fingerprint density at radius 3 is 2.35 bits per heavy atom. The van der Waals surface area contributed by atoms with Crippen LogP contribution in [0, 0.1) is 12.3 Å². The first kappa shape index (κ1) is 13.3. The lowest BCUT2D eigenvalue weighted by atomic mass is 9.88. The second-order valence-electron chi connectivity index (χ2n) is 5.15. The number of carbonyl (C=O) groups excluding carboxylic acids is 1. The molecule has 1 aromatic heterocycles. The number of aryl methyl sites for hydroxylation is 1. The standard InChI is InChI=1S/C10H19N5O2/c1-6(10(3,4)5)12-8(16)15-9(17)14(11)7(2)13-15/h6H,11H2,1-5H3,(H,12,16). The van der Waals surface area contributed by atoms with Crippen LogP contribution >= 0.6 is 0 Å². The zero-order valence-electron chi connectivity index (χ0n) is 10.8. The van der Waals surface area contributed by atoms with Crippen LogP contribution in [0.15, 0.2) is 4.79 Å². The lowest BCUT2D eigenvalue weighted by Crippen LogP contribution is -2.47. The number of rotatable bonds is 1. The van der Waals surface area contributed by atoms with Crippen molar-refractivity contribution in [2.75, 3.05) is 5.84 Å². The van der Waals surface area contributed by atoms with E-state index in [0.29, 0.717) is 0 Å². The van der Waals surface area contributed by atoms with Crippen molar-refractivity contribution in [1.82, 2.24) is 19.8 Å². The van der Waals surface area contributed by atoms with Crippen LogP contribution in [-0.4, -0.2) is 26.5 Å². The number of nitrogens with two attached hydrogens (primary N) is 1. The lowest BCUT2D eigenvalue weighted by Gasteiger charge is -2.27. The number of nitrogen functional groups attached to an aromatic ring is 1. The van der Waals surface area contributed by atoms with Crippen LogP contribution in [-0.2, 0) is 0 Å². The number of aromatic nitrogens is 3. The predicted octanol–water partition coefficient (Wildman–Crippen LogP) is 0.0593. The average Bonchev–Trinajstić information content (AvgIpc) is 2.44. The number of hydrogen-bond acceptors (Lipinski definition) is 4. The molecule has 0 saturated carbocycles. The maximum Gasteiger partial charge on any atom is 0.373 e. The highest BCUT2D eigenvalue weighted by atomic mass is 16.2. The van der Waals surface area contributed by atoms with Gasteiger partial charge in [0.2, 0.25) is 0 Å². The summed E-state index contributed by atoms with van der Waals surface area (Å²) in [5.41, 5.74) is -0.749. The van der Waals surface area contributed by atoms with Gasteiger partial charge in [-0.1, -0.05) is 20.8 Å². The van der Waals surface area contributed by atoms with E-state index in [1.807, 2.05) is 27.7 Å². The largest absolute Gasteiger partial charge is 0.373 e. The summed E-state index contributed by atoms with van der Waals surface area (Å²) in [6, 6.07) is -0.658. The van der Waals surface area contributed by atoms with E-state index in [1.165, 1.54) is 0 Å².